The van der Waals surface area contributed by atoms with Gasteiger partial charge in [0.05, 0.1) is 0 Å². The van der Waals surface area contributed by atoms with Gasteiger partial charge < -0.3 is 10.6 Å². The monoisotopic (exact) mass is 302 g/mol. The largest absolute Gasteiger partial charge is 0.378 e. The van der Waals surface area contributed by atoms with Crippen LogP contribution >= 0.6 is 11.6 Å². The Bertz CT molecular complexity index is 655. The van der Waals surface area contributed by atoms with Crippen LogP contribution in [0.15, 0.2) is 42.5 Å². The topological polar surface area (TPSA) is 41.1 Å². The first-order valence-electron chi connectivity index (χ1n) is 6.86. The predicted octanol–water partition coefficient (Wildman–Crippen LogP) is 4.78. The van der Waals surface area contributed by atoms with Gasteiger partial charge in [-0.1, -0.05) is 29.8 Å². The molecule has 3 nitrogen and oxygen atoms in total. The molecule has 0 saturated carbocycles. The first-order valence-corrected chi connectivity index (χ1v) is 7.24. The zero-order chi connectivity index (χ0) is 15.4. The number of anilines is 2. The maximum Gasteiger partial charge on any atom is 0.221 e. The van der Waals surface area contributed by atoms with Crippen molar-refractivity contribution in [2.24, 2.45) is 0 Å². The lowest BCUT2D eigenvalue weighted by atomic mass is 10.1. The zero-order valence-electron chi connectivity index (χ0n) is 12.4. The van der Waals surface area contributed by atoms with Crippen molar-refractivity contribution in [2.45, 2.75) is 26.8 Å². The fraction of sp³-hybridized carbons (Fsp3) is 0.235. The molecule has 1 atom stereocenters. The fourth-order valence-corrected chi connectivity index (χ4v) is 2.34. The molecule has 110 valence electrons. The highest BCUT2D eigenvalue weighted by atomic mass is 35.5. The molecule has 21 heavy (non-hydrogen) atoms. The SMILES string of the molecule is CC(=O)Nc1cccc(C(C)Nc2cccc(Cl)c2C)c1. The summed E-state index contributed by atoms with van der Waals surface area (Å²) < 4.78 is 0. The summed E-state index contributed by atoms with van der Waals surface area (Å²) in [6.07, 6.45) is 0. The number of carbonyl (C=O) groups excluding carboxylic acids is 1. The number of nitrogens with one attached hydrogen (secondary N) is 2. The Kier molecular flexibility index (Phi) is 4.86. The Balaban J connectivity index is 2.18. The van der Waals surface area contributed by atoms with E-state index in [0.717, 1.165) is 27.5 Å². The van der Waals surface area contributed by atoms with E-state index in [0.29, 0.717) is 0 Å². The lowest BCUT2D eigenvalue weighted by Crippen LogP contribution is -2.10. The smallest absolute Gasteiger partial charge is 0.221 e. The average molecular weight is 303 g/mol. The molecule has 0 aromatic heterocycles. The van der Waals surface area contributed by atoms with Crippen LogP contribution < -0.4 is 10.6 Å². The summed E-state index contributed by atoms with van der Waals surface area (Å²) in [7, 11) is 0. The van der Waals surface area contributed by atoms with Gasteiger partial charge in [-0.15, -0.1) is 0 Å². The van der Waals surface area contributed by atoms with Crippen LogP contribution in [0.3, 0.4) is 0 Å². The summed E-state index contributed by atoms with van der Waals surface area (Å²) in [4.78, 5) is 11.1. The molecular weight excluding hydrogens is 284 g/mol. The molecule has 2 aromatic carbocycles. The van der Waals surface area contributed by atoms with Crippen molar-refractivity contribution in [1.82, 2.24) is 0 Å². The summed E-state index contributed by atoms with van der Waals surface area (Å²) in [6.45, 7) is 5.57. The van der Waals surface area contributed by atoms with Crippen molar-refractivity contribution < 1.29 is 4.79 Å². The normalized spacial score (nSPS) is 11.8. The number of halogens is 1. The van der Waals surface area contributed by atoms with Gasteiger partial charge in [0.1, 0.15) is 0 Å². The lowest BCUT2D eigenvalue weighted by molar-refractivity contribution is -0.114. The van der Waals surface area contributed by atoms with Crippen LogP contribution in [0.5, 0.6) is 0 Å². The molecule has 0 radical (unpaired) electrons. The van der Waals surface area contributed by atoms with E-state index in [1.807, 2.05) is 49.4 Å². The molecule has 0 aliphatic carbocycles. The van der Waals surface area contributed by atoms with Gasteiger partial charge in [-0.05, 0) is 49.2 Å². The first-order chi connectivity index (χ1) is 9.97. The predicted molar refractivity (Wildman–Crippen MR) is 89.0 cm³/mol. The summed E-state index contributed by atoms with van der Waals surface area (Å²) in [5, 5.41) is 7.00. The third-order valence-electron chi connectivity index (χ3n) is 3.35. The van der Waals surface area contributed by atoms with Crippen LogP contribution in [-0.4, -0.2) is 5.91 Å². The van der Waals surface area contributed by atoms with Crippen molar-refractivity contribution in [3.05, 3.63) is 58.6 Å². The number of amides is 1. The molecule has 0 heterocycles. The van der Waals surface area contributed by atoms with Crippen LogP contribution in [0.4, 0.5) is 11.4 Å². The van der Waals surface area contributed by atoms with E-state index in [2.05, 4.69) is 17.6 Å². The van der Waals surface area contributed by atoms with Gasteiger partial charge in [0, 0.05) is 29.4 Å². The Morgan fingerprint density at radius 2 is 1.90 bits per heavy atom. The molecule has 1 unspecified atom stereocenters. The van der Waals surface area contributed by atoms with Crippen LogP contribution in [0.2, 0.25) is 5.02 Å². The quantitative estimate of drug-likeness (QED) is 0.853. The van der Waals surface area contributed by atoms with Gasteiger partial charge in [-0.25, -0.2) is 0 Å². The highest BCUT2D eigenvalue weighted by molar-refractivity contribution is 6.31. The second-order valence-electron chi connectivity index (χ2n) is 5.09. The Hall–Kier alpha value is -2.00. The number of hydrogen-bond acceptors (Lipinski definition) is 2. The van der Waals surface area contributed by atoms with E-state index in [1.54, 1.807) is 0 Å². The van der Waals surface area contributed by atoms with Crippen LogP contribution in [-0.2, 0) is 4.79 Å². The minimum absolute atomic E-state index is 0.0709. The van der Waals surface area contributed by atoms with Gasteiger partial charge in [0.15, 0.2) is 0 Å². The number of benzene rings is 2. The van der Waals surface area contributed by atoms with Gasteiger partial charge in [-0.3, -0.25) is 4.79 Å². The zero-order valence-corrected chi connectivity index (χ0v) is 13.2. The molecule has 4 heteroatoms. The van der Waals surface area contributed by atoms with Crippen LogP contribution in [0, 0.1) is 6.92 Å². The van der Waals surface area contributed by atoms with Gasteiger partial charge >= 0.3 is 0 Å². The van der Waals surface area contributed by atoms with E-state index in [9.17, 15) is 4.79 Å². The number of hydrogen-bond donors (Lipinski definition) is 2. The minimum Gasteiger partial charge on any atom is -0.378 e. The van der Waals surface area contributed by atoms with Crippen molar-refractivity contribution in [3.8, 4) is 0 Å². The van der Waals surface area contributed by atoms with E-state index in [4.69, 9.17) is 11.6 Å². The Labute approximate surface area is 130 Å². The van der Waals surface area contributed by atoms with Gasteiger partial charge in [-0.2, -0.15) is 0 Å². The molecule has 0 bridgehead atoms. The van der Waals surface area contributed by atoms with E-state index >= 15 is 0 Å². The van der Waals surface area contributed by atoms with Crippen molar-refractivity contribution in [1.29, 1.82) is 0 Å². The molecule has 2 rings (SSSR count). The van der Waals surface area contributed by atoms with Crippen LogP contribution in [0.1, 0.15) is 31.0 Å². The standard InChI is InChI=1S/C17H19ClN2O/c1-11-16(18)8-5-9-17(11)19-12(2)14-6-4-7-15(10-14)20-13(3)21/h4-10,12,19H,1-3H3,(H,20,21). The Morgan fingerprint density at radius 1 is 1.19 bits per heavy atom. The molecule has 2 N–H and O–H groups in total. The molecular formula is C17H19ClN2O. The fourth-order valence-electron chi connectivity index (χ4n) is 2.17. The van der Waals surface area contributed by atoms with E-state index < -0.39 is 0 Å². The first kappa shape index (κ1) is 15.4. The molecule has 1 amide bonds. The number of carbonyl (C=O) groups is 1. The van der Waals surface area contributed by atoms with Crippen molar-refractivity contribution in [3.63, 3.8) is 0 Å². The minimum atomic E-state index is -0.0709. The average Bonchev–Trinajstić information content (AvgIpc) is 2.43. The number of rotatable bonds is 4. The van der Waals surface area contributed by atoms with E-state index in [-0.39, 0.29) is 11.9 Å². The highest BCUT2D eigenvalue weighted by Crippen LogP contribution is 2.27. The second kappa shape index (κ2) is 6.64. The van der Waals surface area contributed by atoms with Gasteiger partial charge in [0.2, 0.25) is 5.91 Å². The summed E-state index contributed by atoms with van der Waals surface area (Å²) >= 11 is 6.14. The maximum atomic E-state index is 11.1. The summed E-state index contributed by atoms with van der Waals surface area (Å²) in [5.41, 5.74) is 3.95. The molecule has 0 aliphatic heterocycles. The third kappa shape index (κ3) is 3.99. The van der Waals surface area contributed by atoms with E-state index in [1.165, 1.54) is 6.92 Å². The second-order valence-corrected chi connectivity index (χ2v) is 5.49. The van der Waals surface area contributed by atoms with Crippen molar-refractivity contribution in [2.75, 3.05) is 10.6 Å². The van der Waals surface area contributed by atoms with Gasteiger partial charge in [0.25, 0.3) is 0 Å². The molecule has 0 fully saturated rings. The Morgan fingerprint density at radius 3 is 2.62 bits per heavy atom. The molecule has 0 aliphatic rings. The lowest BCUT2D eigenvalue weighted by Gasteiger charge is -2.18. The molecule has 2 aromatic rings. The van der Waals surface area contributed by atoms with Crippen molar-refractivity contribution >= 4 is 28.9 Å². The third-order valence-corrected chi connectivity index (χ3v) is 3.76. The molecule has 0 spiro atoms. The highest BCUT2D eigenvalue weighted by Gasteiger charge is 2.09. The summed E-state index contributed by atoms with van der Waals surface area (Å²) in [5.74, 6) is -0.0709. The van der Waals surface area contributed by atoms with Crippen LogP contribution in [0.25, 0.3) is 0 Å². The maximum absolute atomic E-state index is 11.1. The molecule has 0 saturated heterocycles. The summed E-state index contributed by atoms with van der Waals surface area (Å²) in [6, 6.07) is 13.7.